The largest absolute Gasteiger partial charge is 0.309 e. The van der Waals surface area contributed by atoms with Gasteiger partial charge in [-0.05, 0) is 210 Å². The third kappa shape index (κ3) is 11.4. The predicted molar refractivity (Wildman–Crippen MR) is 542 cm³/mol. The van der Waals surface area contributed by atoms with E-state index in [1.807, 2.05) is 61.6 Å². The van der Waals surface area contributed by atoms with Crippen molar-refractivity contribution in [2.75, 3.05) is 0 Å². The summed E-state index contributed by atoms with van der Waals surface area (Å²) >= 11 is 0. The maximum absolute atomic E-state index is 4.93. The van der Waals surface area contributed by atoms with Crippen LogP contribution < -0.4 is 0 Å². The van der Waals surface area contributed by atoms with Gasteiger partial charge in [0.2, 0.25) is 0 Å². The number of pyridine rings is 7. The highest BCUT2D eigenvalue weighted by Gasteiger charge is 2.27. The van der Waals surface area contributed by atoms with Gasteiger partial charge in [0.1, 0.15) is 0 Å². The van der Waals surface area contributed by atoms with E-state index in [9.17, 15) is 0 Å². The highest BCUT2D eigenvalue weighted by Crippen LogP contribution is 2.49. The van der Waals surface area contributed by atoms with Gasteiger partial charge in [0.15, 0.2) is 0 Å². The molecule has 0 spiro atoms. The van der Waals surface area contributed by atoms with Gasteiger partial charge in [-0.3, -0.25) is 34.9 Å². The summed E-state index contributed by atoms with van der Waals surface area (Å²) in [6.45, 7) is 0. The van der Waals surface area contributed by atoms with Gasteiger partial charge in [-0.2, -0.15) is 0 Å². The summed E-state index contributed by atoms with van der Waals surface area (Å²) in [6, 6.07) is 120. The Hall–Kier alpha value is -17.2. The van der Waals surface area contributed by atoms with Crippen molar-refractivity contribution in [2.24, 2.45) is 0 Å². The fourth-order valence-corrected chi connectivity index (χ4v) is 21.7. The maximum Gasteiger partial charge on any atom is 0.0965 e. The van der Waals surface area contributed by atoms with Gasteiger partial charge >= 0.3 is 0 Å². The van der Waals surface area contributed by atoms with Gasteiger partial charge in [0.05, 0.1) is 95.2 Å². The molecule has 10 heteroatoms. The first-order valence-electron chi connectivity index (χ1n) is 44.5. The molecule has 0 saturated heterocycles. The highest BCUT2D eigenvalue weighted by atomic mass is 15.0. The van der Waals surface area contributed by atoms with E-state index in [4.69, 9.17) is 19.9 Å². The molecule has 0 N–H and O–H groups in total. The molecule has 10 aromatic heterocycles. The standard InChI is InChI=1S/C43H27N3.C41H25N3.C36H22N4/c1-2-9-27(10-3-1)36-24-30(33-23-32-19-18-29-14-8-22-44-42(29)43(32)45-26-33)20-21-38(36)46-37-17-5-4-15-34(37)41-35-16-7-12-28-11-6-13-31(40(28)35)25-39(41)46;1-2-13-32-31(12-1)30(29-22-28-18-17-26-11-7-21-42-40(26)41(28)43-24-29)19-20-36(32)44-35-16-4-3-14-33(35)39-34-15-6-9-25-8-5-10-27(38(25)34)23-37(39)44;1-2-12-31-28(10-1)34-29-11-4-7-22-6-3-8-24(33(22)29)19-32(34)40(31)27-15-16-30(38-21-27)26-18-25-14-13-23-9-5-17-37-35(23)36(25)39-20-26/h1-15,17-26H,16H2;1-14,16-24H,15H2;1-10,12-21H,11H2. The molecule has 26 aromatic rings. The molecule has 604 valence electrons. The first kappa shape index (κ1) is 73.2. The minimum atomic E-state index is 0.898. The van der Waals surface area contributed by atoms with Crippen LogP contribution in [-0.2, 0) is 19.3 Å². The Kier molecular flexibility index (Phi) is 16.4. The van der Waals surface area contributed by atoms with Crippen molar-refractivity contribution in [3.05, 3.63) is 429 Å². The average molecular weight is 1660 g/mol. The van der Waals surface area contributed by atoms with Crippen LogP contribution in [0.3, 0.4) is 0 Å². The molecule has 0 unspecified atom stereocenters. The molecule has 0 fully saturated rings. The zero-order valence-corrected chi connectivity index (χ0v) is 70.4. The normalized spacial score (nSPS) is 12.7. The molecule has 0 atom stereocenters. The molecule has 0 radical (unpaired) electrons. The molecule has 10 heterocycles. The summed E-state index contributed by atoms with van der Waals surface area (Å²) in [6.07, 6.45) is 29.9. The summed E-state index contributed by atoms with van der Waals surface area (Å²) < 4.78 is 7.32. The molecule has 0 amide bonds. The molecule has 3 aliphatic carbocycles. The van der Waals surface area contributed by atoms with Crippen LogP contribution >= 0.6 is 0 Å². The van der Waals surface area contributed by atoms with Crippen LogP contribution in [0.25, 0.3) is 254 Å². The van der Waals surface area contributed by atoms with Gasteiger partial charge in [-0.25, -0.2) is 0 Å². The molecular formula is C120H74N10. The van der Waals surface area contributed by atoms with E-state index in [1.54, 1.807) is 0 Å². The van der Waals surface area contributed by atoms with Crippen molar-refractivity contribution >= 4 is 192 Å². The monoisotopic (exact) mass is 1650 g/mol. The summed E-state index contributed by atoms with van der Waals surface area (Å²) in [7, 11) is 0. The minimum Gasteiger partial charge on any atom is -0.309 e. The van der Waals surface area contributed by atoms with Crippen molar-refractivity contribution in [3.8, 4) is 61.7 Å². The molecule has 0 bridgehead atoms. The van der Waals surface area contributed by atoms with Gasteiger partial charge in [0.25, 0.3) is 0 Å². The lowest BCUT2D eigenvalue weighted by molar-refractivity contribution is 1.14. The molecule has 3 aliphatic rings. The van der Waals surface area contributed by atoms with Crippen LogP contribution in [0.5, 0.6) is 0 Å². The summed E-state index contributed by atoms with van der Waals surface area (Å²) in [4.78, 5) is 33.4. The van der Waals surface area contributed by atoms with Crippen molar-refractivity contribution in [1.82, 2.24) is 48.6 Å². The Morgan fingerprint density at radius 3 is 1.12 bits per heavy atom. The highest BCUT2D eigenvalue weighted by molar-refractivity contribution is 6.22. The van der Waals surface area contributed by atoms with Crippen molar-refractivity contribution < 1.29 is 0 Å². The smallest absolute Gasteiger partial charge is 0.0965 e. The number of allylic oxidation sites excluding steroid dienone is 3. The van der Waals surface area contributed by atoms with Crippen LogP contribution in [0, 0.1) is 0 Å². The van der Waals surface area contributed by atoms with Crippen molar-refractivity contribution in [2.45, 2.75) is 19.3 Å². The summed E-state index contributed by atoms with van der Waals surface area (Å²) in [5.74, 6) is 0. The fourth-order valence-electron chi connectivity index (χ4n) is 21.7. The van der Waals surface area contributed by atoms with Crippen LogP contribution in [0.2, 0.25) is 0 Å². The van der Waals surface area contributed by atoms with Gasteiger partial charge in [0, 0.05) is 129 Å². The molecule has 16 aromatic carbocycles. The first-order valence-corrected chi connectivity index (χ1v) is 44.5. The number of fused-ring (bicyclic) bond motifs is 22. The van der Waals surface area contributed by atoms with E-state index in [0.717, 1.165) is 118 Å². The summed E-state index contributed by atoms with van der Waals surface area (Å²) in [5, 5.41) is 24.9. The Morgan fingerprint density at radius 1 is 0.208 bits per heavy atom. The fraction of sp³-hybridized carbons (Fsp3) is 0.0250. The summed E-state index contributed by atoms with van der Waals surface area (Å²) in [5.41, 5.74) is 33.3. The maximum atomic E-state index is 4.93. The van der Waals surface area contributed by atoms with E-state index in [-0.39, 0.29) is 0 Å². The number of hydrogen-bond donors (Lipinski definition) is 0. The van der Waals surface area contributed by atoms with Gasteiger partial charge in [-0.1, -0.05) is 267 Å². The Bertz CT molecular complexity index is 9480. The zero-order valence-electron chi connectivity index (χ0n) is 70.4. The van der Waals surface area contributed by atoms with E-state index >= 15 is 0 Å². The van der Waals surface area contributed by atoms with Crippen LogP contribution in [0.1, 0.15) is 33.4 Å². The Labute approximate surface area is 745 Å². The second-order valence-electron chi connectivity index (χ2n) is 34.4. The number of rotatable bonds is 7. The second kappa shape index (κ2) is 29.2. The average Bonchev–Trinajstić information content (AvgIpc) is 1.58. The minimum absolute atomic E-state index is 0.898. The SMILES string of the molecule is C1=Cc2cccc3cc4c(c(c23)C1)c1ccccc1n4-c1ccc(-c2cnc3c(ccc4cccnc43)c2)c2ccccc12.C1=Cc2cccc3cc4c(c(c23)C1)c1ccccc1n4-c1ccc(-c2cnc3c(ccc4cccnc43)c2)cc1-c1ccccc1.C1=Cc2cccc3cc4c(c(c23)C1)c1ccccc1n4-c1ccc(-c2cnc3c(ccc4cccnc43)c2)nc1. The van der Waals surface area contributed by atoms with Crippen LogP contribution in [-0.4, -0.2) is 48.6 Å². The van der Waals surface area contributed by atoms with E-state index < -0.39 is 0 Å². The molecule has 0 aliphatic heterocycles. The van der Waals surface area contributed by atoms with Gasteiger partial charge in [-0.15, -0.1) is 0 Å². The number of benzene rings is 16. The lowest BCUT2D eigenvalue weighted by Gasteiger charge is -2.18. The molecule has 29 rings (SSSR count). The second-order valence-corrected chi connectivity index (χ2v) is 34.4. The van der Waals surface area contributed by atoms with Gasteiger partial charge < -0.3 is 13.7 Å². The predicted octanol–water partition coefficient (Wildman–Crippen LogP) is 30.0. The topological polar surface area (TPSA) is 105 Å². The van der Waals surface area contributed by atoms with Crippen molar-refractivity contribution in [3.63, 3.8) is 0 Å². The Balaban J connectivity index is 0.000000101. The lowest BCUT2D eigenvalue weighted by Crippen LogP contribution is -1.99. The zero-order chi connectivity index (χ0) is 85.2. The lowest BCUT2D eigenvalue weighted by atomic mass is 9.89. The first-order chi connectivity index (χ1) is 64.5. The molecule has 10 nitrogen and oxygen atoms in total. The number of nitrogens with zero attached hydrogens (tertiary/aromatic N) is 10. The number of aromatic nitrogens is 10. The third-order valence-electron chi connectivity index (χ3n) is 27.3. The Morgan fingerprint density at radius 2 is 0.615 bits per heavy atom. The van der Waals surface area contributed by atoms with Crippen molar-refractivity contribution in [1.29, 1.82) is 0 Å². The molecule has 0 saturated carbocycles. The molecular weight excluding hydrogens is 1580 g/mol. The van der Waals surface area contributed by atoms with Crippen LogP contribution in [0.15, 0.2) is 395 Å². The van der Waals surface area contributed by atoms with E-state index in [2.05, 4.69) is 381 Å². The number of para-hydroxylation sites is 3. The van der Waals surface area contributed by atoms with Crippen LogP contribution in [0.4, 0.5) is 0 Å². The quantitative estimate of drug-likeness (QED) is 0.146. The number of hydrogen-bond acceptors (Lipinski definition) is 7. The van der Waals surface area contributed by atoms with E-state index in [1.165, 1.54) is 170 Å². The van der Waals surface area contributed by atoms with E-state index in [0.29, 0.717) is 0 Å². The third-order valence-corrected chi connectivity index (χ3v) is 27.3. The molecule has 130 heavy (non-hydrogen) atoms.